The lowest BCUT2D eigenvalue weighted by atomic mass is 10.2. The monoisotopic (exact) mass is 283 g/mol. The van der Waals surface area contributed by atoms with Crippen molar-refractivity contribution in [2.45, 2.75) is 46.3 Å². The number of nitrogens with one attached hydrogen (secondary N) is 1. The molecule has 1 saturated heterocycles. The van der Waals surface area contributed by atoms with E-state index in [4.69, 9.17) is 4.74 Å². The van der Waals surface area contributed by atoms with E-state index < -0.39 is 0 Å². The van der Waals surface area contributed by atoms with Crippen molar-refractivity contribution in [3.8, 4) is 0 Å². The van der Waals surface area contributed by atoms with Crippen LogP contribution in [0, 0.1) is 13.8 Å². The van der Waals surface area contributed by atoms with Gasteiger partial charge < -0.3 is 10.1 Å². The van der Waals surface area contributed by atoms with Gasteiger partial charge in [-0.25, -0.2) is 4.98 Å². The fourth-order valence-corrected chi connectivity index (χ4v) is 3.20. The van der Waals surface area contributed by atoms with Crippen molar-refractivity contribution in [1.29, 1.82) is 0 Å². The van der Waals surface area contributed by atoms with Crippen molar-refractivity contribution in [2.24, 2.45) is 0 Å². The van der Waals surface area contributed by atoms with Crippen LogP contribution in [0.4, 0.5) is 0 Å². The molecule has 1 atom stereocenters. The number of aromatic nitrogens is 1. The standard InChI is InChI=1S/C14H25N3OS/c1-10(2)15-7-13-9-18-6-5-17(13)8-14-16-11(3)12(4)19-14/h10,13,15H,5-9H2,1-4H3. The maximum absolute atomic E-state index is 5.61. The zero-order chi connectivity index (χ0) is 13.8. The Labute approximate surface area is 120 Å². The van der Waals surface area contributed by atoms with Crippen molar-refractivity contribution in [2.75, 3.05) is 26.3 Å². The van der Waals surface area contributed by atoms with Crippen LogP contribution in [0.3, 0.4) is 0 Å². The van der Waals surface area contributed by atoms with E-state index in [0.717, 1.165) is 32.8 Å². The van der Waals surface area contributed by atoms with E-state index in [2.05, 4.69) is 42.9 Å². The summed E-state index contributed by atoms with van der Waals surface area (Å²) in [6.45, 7) is 13.2. The topological polar surface area (TPSA) is 37.4 Å². The molecule has 0 amide bonds. The molecule has 108 valence electrons. The molecular formula is C14H25N3OS. The molecule has 1 aromatic heterocycles. The minimum absolute atomic E-state index is 0.459. The molecule has 0 bridgehead atoms. The maximum Gasteiger partial charge on any atom is 0.107 e. The Hall–Kier alpha value is -0.490. The molecule has 1 unspecified atom stereocenters. The van der Waals surface area contributed by atoms with Crippen LogP contribution in [-0.2, 0) is 11.3 Å². The number of rotatable bonds is 5. The highest BCUT2D eigenvalue weighted by molar-refractivity contribution is 7.11. The van der Waals surface area contributed by atoms with Crippen molar-refractivity contribution < 1.29 is 4.74 Å². The summed E-state index contributed by atoms with van der Waals surface area (Å²) < 4.78 is 5.61. The van der Waals surface area contributed by atoms with E-state index in [1.54, 1.807) is 0 Å². The Bertz CT molecular complexity index is 386. The van der Waals surface area contributed by atoms with Gasteiger partial charge in [0, 0.05) is 30.1 Å². The van der Waals surface area contributed by atoms with Gasteiger partial charge in [-0.2, -0.15) is 0 Å². The predicted octanol–water partition coefficient (Wildman–Crippen LogP) is 1.96. The van der Waals surface area contributed by atoms with Crippen LogP contribution in [0.25, 0.3) is 0 Å². The van der Waals surface area contributed by atoms with Gasteiger partial charge in [0.15, 0.2) is 0 Å². The Balaban J connectivity index is 1.95. The molecule has 0 spiro atoms. The quantitative estimate of drug-likeness (QED) is 0.896. The third kappa shape index (κ3) is 4.24. The molecule has 1 aromatic rings. The molecule has 19 heavy (non-hydrogen) atoms. The van der Waals surface area contributed by atoms with Crippen LogP contribution in [-0.4, -0.2) is 48.3 Å². The van der Waals surface area contributed by atoms with Crippen LogP contribution < -0.4 is 5.32 Å². The van der Waals surface area contributed by atoms with Crippen molar-refractivity contribution in [1.82, 2.24) is 15.2 Å². The van der Waals surface area contributed by atoms with E-state index in [-0.39, 0.29) is 0 Å². The first-order valence-electron chi connectivity index (χ1n) is 7.04. The van der Waals surface area contributed by atoms with Gasteiger partial charge in [-0.05, 0) is 13.8 Å². The van der Waals surface area contributed by atoms with Crippen LogP contribution in [0.2, 0.25) is 0 Å². The summed E-state index contributed by atoms with van der Waals surface area (Å²) in [7, 11) is 0. The predicted molar refractivity (Wildman–Crippen MR) is 79.7 cm³/mol. The average molecular weight is 283 g/mol. The summed E-state index contributed by atoms with van der Waals surface area (Å²) in [5, 5.41) is 4.74. The zero-order valence-electron chi connectivity index (χ0n) is 12.4. The molecule has 0 saturated carbocycles. The van der Waals surface area contributed by atoms with Gasteiger partial charge in [0.05, 0.1) is 25.5 Å². The van der Waals surface area contributed by atoms with Crippen molar-refractivity contribution in [3.05, 3.63) is 15.6 Å². The molecular weight excluding hydrogens is 258 g/mol. The molecule has 0 radical (unpaired) electrons. The highest BCUT2D eigenvalue weighted by Gasteiger charge is 2.24. The average Bonchev–Trinajstić information content (AvgIpc) is 2.67. The highest BCUT2D eigenvalue weighted by atomic mass is 32.1. The van der Waals surface area contributed by atoms with Crippen LogP contribution in [0.15, 0.2) is 0 Å². The largest absolute Gasteiger partial charge is 0.378 e. The maximum atomic E-state index is 5.61. The second-order valence-electron chi connectivity index (χ2n) is 5.51. The van der Waals surface area contributed by atoms with Crippen LogP contribution in [0.1, 0.15) is 29.4 Å². The van der Waals surface area contributed by atoms with E-state index in [1.807, 2.05) is 11.3 Å². The van der Waals surface area contributed by atoms with Gasteiger partial charge >= 0.3 is 0 Å². The third-order valence-corrected chi connectivity index (χ3v) is 4.58. The van der Waals surface area contributed by atoms with Gasteiger partial charge in [-0.1, -0.05) is 13.8 Å². The van der Waals surface area contributed by atoms with E-state index in [0.29, 0.717) is 12.1 Å². The van der Waals surface area contributed by atoms with Gasteiger partial charge in [0.1, 0.15) is 5.01 Å². The van der Waals surface area contributed by atoms with Crippen LogP contribution >= 0.6 is 11.3 Å². The molecule has 1 fully saturated rings. The molecule has 4 nitrogen and oxygen atoms in total. The lowest BCUT2D eigenvalue weighted by Crippen LogP contribution is -2.50. The Morgan fingerprint density at radius 2 is 2.26 bits per heavy atom. The number of nitrogens with zero attached hydrogens (tertiary/aromatic N) is 2. The SMILES string of the molecule is Cc1nc(CN2CCOCC2CNC(C)C)sc1C. The lowest BCUT2D eigenvalue weighted by molar-refractivity contribution is -0.0115. The minimum atomic E-state index is 0.459. The lowest BCUT2D eigenvalue weighted by Gasteiger charge is -2.35. The molecule has 2 rings (SSSR count). The molecule has 1 aliphatic rings. The van der Waals surface area contributed by atoms with E-state index in [9.17, 15) is 0 Å². The molecule has 0 aromatic carbocycles. The number of morpholine rings is 1. The Kier molecular flexibility index (Phi) is 5.33. The first-order chi connectivity index (χ1) is 9.06. The normalized spacial score (nSPS) is 21.2. The zero-order valence-corrected chi connectivity index (χ0v) is 13.2. The number of hydrogen-bond acceptors (Lipinski definition) is 5. The smallest absolute Gasteiger partial charge is 0.107 e. The van der Waals surface area contributed by atoms with Crippen LogP contribution in [0.5, 0.6) is 0 Å². The summed E-state index contributed by atoms with van der Waals surface area (Å²) in [4.78, 5) is 8.48. The van der Waals surface area contributed by atoms with Gasteiger partial charge in [-0.15, -0.1) is 11.3 Å². The summed E-state index contributed by atoms with van der Waals surface area (Å²) >= 11 is 1.82. The first kappa shape index (κ1) is 14.9. The number of thiazole rings is 1. The summed E-state index contributed by atoms with van der Waals surface area (Å²) in [5.74, 6) is 0. The second-order valence-corrected chi connectivity index (χ2v) is 6.80. The first-order valence-corrected chi connectivity index (χ1v) is 7.86. The summed E-state index contributed by atoms with van der Waals surface area (Å²) in [5.41, 5.74) is 1.17. The fourth-order valence-electron chi connectivity index (χ4n) is 2.24. The van der Waals surface area contributed by atoms with E-state index >= 15 is 0 Å². The summed E-state index contributed by atoms with van der Waals surface area (Å²) in [6.07, 6.45) is 0. The molecule has 1 aliphatic heterocycles. The highest BCUT2D eigenvalue weighted by Crippen LogP contribution is 2.20. The van der Waals surface area contributed by atoms with Crippen molar-refractivity contribution >= 4 is 11.3 Å². The Morgan fingerprint density at radius 1 is 1.47 bits per heavy atom. The molecule has 0 aliphatic carbocycles. The molecule has 1 N–H and O–H groups in total. The van der Waals surface area contributed by atoms with Gasteiger partial charge in [0.25, 0.3) is 0 Å². The minimum Gasteiger partial charge on any atom is -0.378 e. The number of ether oxygens (including phenoxy) is 1. The van der Waals surface area contributed by atoms with Crippen molar-refractivity contribution in [3.63, 3.8) is 0 Å². The molecule has 2 heterocycles. The number of hydrogen-bond donors (Lipinski definition) is 1. The van der Waals surface area contributed by atoms with Gasteiger partial charge in [-0.3, -0.25) is 4.90 Å². The van der Waals surface area contributed by atoms with E-state index in [1.165, 1.54) is 15.6 Å². The fraction of sp³-hybridized carbons (Fsp3) is 0.786. The Morgan fingerprint density at radius 3 is 2.89 bits per heavy atom. The second kappa shape index (κ2) is 6.79. The summed E-state index contributed by atoms with van der Waals surface area (Å²) in [6, 6.07) is 0.980. The number of aryl methyl sites for hydroxylation is 2. The third-order valence-electron chi connectivity index (χ3n) is 3.52. The van der Waals surface area contributed by atoms with Gasteiger partial charge in [0.2, 0.25) is 0 Å². The molecule has 5 heteroatoms.